The summed E-state index contributed by atoms with van der Waals surface area (Å²) in [6.45, 7) is 0. The molecule has 6 heteroatoms. The molecule has 5 nitrogen and oxygen atoms in total. The number of hydrogen-bond acceptors (Lipinski definition) is 5. The number of fused-ring (bicyclic) bond motifs is 1. The van der Waals surface area contributed by atoms with Crippen LogP contribution < -0.4 is 11.3 Å². The highest BCUT2D eigenvalue weighted by Gasteiger charge is 2.13. The van der Waals surface area contributed by atoms with Gasteiger partial charge < -0.3 is 0 Å². The first-order valence-corrected chi connectivity index (χ1v) is 8.04. The van der Waals surface area contributed by atoms with Gasteiger partial charge in [-0.1, -0.05) is 12.1 Å². The lowest BCUT2D eigenvalue weighted by atomic mass is 10.0. The van der Waals surface area contributed by atoms with Crippen LogP contribution in [0, 0.1) is 0 Å². The number of hydrazine groups is 1. The summed E-state index contributed by atoms with van der Waals surface area (Å²) in [6, 6.07) is 9.47. The second kappa shape index (κ2) is 5.64. The van der Waals surface area contributed by atoms with Crippen LogP contribution in [-0.2, 0) is 9.84 Å². The lowest BCUT2D eigenvalue weighted by Crippen LogP contribution is -2.29. The Labute approximate surface area is 112 Å². The maximum Gasteiger partial charge on any atom is 0.147 e. The van der Waals surface area contributed by atoms with Crippen molar-refractivity contribution in [2.45, 2.75) is 12.5 Å². The molecule has 0 aliphatic carbocycles. The van der Waals surface area contributed by atoms with E-state index >= 15 is 0 Å². The quantitative estimate of drug-likeness (QED) is 0.634. The number of nitrogens with one attached hydrogen (secondary N) is 1. The summed E-state index contributed by atoms with van der Waals surface area (Å²) < 4.78 is 22.4. The molecule has 0 aliphatic heterocycles. The zero-order valence-corrected chi connectivity index (χ0v) is 11.5. The fourth-order valence-electron chi connectivity index (χ4n) is 1.99. The highest BCUT2D eigenvalue weighted by atomic mass is 32.2. The van der Waals surface area contributed by atoms with Crippen LogP contribution in [0.1, 0.15) is 18.0 Å². The van der Waals surface area contributed by atoms with Gasteiger partial charge >= 0.3 is 0 Å². The van der Waals surface area contributed by atoms with Gasteiger partial charge in [0.05, 0.1) is 11.3 Å². The molecule has 0 bridgehead atoms. The van der Waals surface area contributed by atoms with Crippen molar-refractivity contribution in [3.63, 3.8) is 0 Å². The van der Waals surface area contributed by atoms with E-state index in [4.69, 9.17) is 5.84 Å². The predicted molar refractivity (Wildman–Crippen MR) is 76.1 cm³/mol. The average molecular weight is 279 g/mol. The van der Waals surface area contributed by atoms with Crippen LogP contribution in [-0.4, -0.2) is 25.4 Å². The number of hydrogen-bond donors (Lipinski definition) is 2. The Balaban J connectivity index is 2.25. The number of rotatable bonds is 5. The van der Waals surface area contributed by atoms with Crippen molar-refractivity contribution in [2.75, 3.05) is 12.0 Å². The monoisotopic (exact) mass is 279 g/mol. The smallest absolute Gasteiger partial charge is 0.147 e. The van der Waals surface area contributed by atoms with Gasteiger partial charge in [0, 0.05) is 23.9 Å². The largest absolute Gasteiger partial charge is 0.271 e. The van der Waals surface area contributed by atoms with Gasteiger partial charge in [0.1, 0.15) is 9.84 Å². The van der Waals surface area contributed by atoms with E-state index in [9.17, 15) is 8.42 Å². The summed E-state index contributed by atoms with van der Waals surface area (Å²) in [4.78, 5) is 4.25. The fraction of sp³-hybridized carbons (Fsp3) is 0.308. The molecule has 0 spiro atoms. The first kappa shape index (κ1) is 13.9. The molecular weight excluding hydrogens is 262 g/mol. The van der Waals surface area contributed by atoms with E-state index in [2.05, 4.69) is 10.4 Å². The third-order valence-electron chi connectivity index (χ3n) is 3.01. The fourth-order valence-corrected chi connectivity index (χ4v) is 2.65. The van der Waals surface area contributed by atoms with E-state index in [1.54, 1.807) is 6.20 Å². The van der Waals surface area contributed by atoms with Crippen molar-refractivity contribution in [3.8, 4) is 0 Å². The Morgan fingerprint density at radius 1 is 1.37 bits per heavy atom. The van der Waals surface area contributed by atoms with Crippen LogP contribution in [0.2, 0.25) is 0 Å². The summed E-state index contributed by atoms with van der Waals surface area (Å²) >= 11 is 0. The Morgan fingerprint density at radius 2 is 2.16 bits per heavy atom. The number of benzene rings is 1. The Kier molecular flexibility index (Phi) is 4.14. The third-order valence-corrected chi connectivity index (χ3v) is 3.99. The predicted octanol–water partition coefficient (Wildman–Crippen LogP) is 1.17. The number of pyridine rings is 1. The molecule has 1 aromatic heterocycles. The molecular formula is C13H17N3O2S. The molecule has 0 amide bonds. The van der Waals surface area contributed by atoms with E-state index in [1.165, 1.54) is 6.26 Å². The maximum absolute atomic E-state index is 11.2. The average Bonchev–Trinajstić information content (AvgIpc) is 2.38. The number of nitrogens with zero attached hydrogens (tertiary/aromatic N) is 1. The maximum atomic E-state index is 11.2. The number of nitrogens with two attached hydrogens (primary N) is 1. The van der Waals surface area contributed by atoms with E-state index in [0.717, 1.165) is 16.5 Å². The highest BCUT2D eigenvalue weighted by molar-refractivity contribution is 7.90. The van der Waals surface area contributed by atoms with E-state index in [0.29, 0.717) is 6.42 Å². The minimum absolute atomic E-state index is 0.104. The third kappa shape index (κ3) is 3.73. The normalized spacial score (nSPS) is 13.6. The Hall–Kier alpha value is -1.50. The van der Waals surface area contributed by atoms with Gasteiger partial charge in [0.2, 0.25) is 0 Å². The van der Waals surface area contributed by atoms with Crippen molar-refractivity contribution in [3.05, 3.63) is 42.1 Å². The lowest BCUT2D eigenvalue weighted by Gasteiger charge is -2.16. The standard InChI is InChI=1S/C13H17N3O2S/c1-19(17,18)8-6-13(16-14)11-4-5-12-10(9-11)3-2-7-15-12/h2-5,7,9,13,16H,6,8,14H2,1H3. The molecule has 1 heterocycles. The minimum atomic E-state index is -2.99. The first-order chi connectivity index (χ1) is 8.99. The van der Waals surface area contributed by atoms with Crippen LogP contribution >= 0.6 is 0 Å². The molecule has 0 saturated carbocycles. The van der Waals surface area contributed by atoms with Crippen molar-refractivity contribution in [1.29, 1.82) is 0 Å². The van der Waals surface area contributed by atoms with Crippen LogP contribution in [0.15, 0.2) is 36.5 Å². The molecule has 0 saturated heterocycles. The van der Waals surface area contributed by atoms with Gasteiger partial charge in [-0.3, -0.25) is 16.3 Å². The van der Waals surface area contributed by atoms with Gasteiger partial charge in [0.25, 0.3) is 0 Å². The molecule has 2 rings (SSSR count). The summed E-state index contributed by atoms with van der Waals surface area (Å²) in [5.41, 5.74) is 4.54. The molecule has 2 aromatic rings. The van der Waals surface area contributed by atoms with Gasteiger partial charge in [-0.05, 0) is 30.2 Å². The number of sulfone groups is 1. The zero-order chi connectivity index (χ0) is 13.9. The van der Waals surface area contributed by atoms with Gasteiger partial charge in [-0.15, -0.1) is 0 Å². The Morgan fingerprint density at radius 3 is 2.84 bits per heavy atom. The molecule has 0 radical (unpaired) electrons. The van der Waals surface area contributed by atoms with Crippen molar-refractivity contribution in [2.24, 2.45) is 5.84 Å². The van der Waals surface area contributed by atoms with Gasteiger partial charge in [-0.2, -0.15) is 0 Å². The van der Waals surface area contributed by atoms with Gasteiger partial charge in [0.15, 0.2) is 0 Å². The zero-order valence-electron chi connectivity index (χ0n) is 10.7. The molecule has 3 N–H and O–H groups in total. The van der Waals surface area contributed by atoms with Crippen molar-refractivity contribution >= 4 is 20.7 Å². The summed E-state index contributed by atoms with van der Waals surface area (Å²) in [6.07, 6.45) is 3.41. The van der Waals surface area contributed by atoms with Gasteiger partial charge in [-0.25, -0.2) is 8.42 Å². The molecule has 0 aliphatic rings. The highest BCUT2D eigenvalue weighted by Crippen LogP contribution is 2.21. The molecule has 1 unspecified atom stereocenters. The van der Waals surface area contributed by atoms with Crippen molar-refractivity contribution in [1.82, 2.24) is 10.4 Å². The summed E-state index contributed by atoms with van der Waals surface area (Å²) in [7, 11) is -2.99. The Bertz CT molecular complexity index is 670. The van der Waals surface area contributed by atoms with Crippen LogP contribution in [0.25, 0.3) is 10.9 Å². The summed E-state index contributed by atoms with van der Waals surface area (Å²) in [5.74, 6) is 5.62. The van der Waals surface area contributed by atoms with Crippen molar-refractivity contribution < 1.29 is 8.42 Å². The second-order valence-electron chi connectivity index (χ2n) is 4.59. The minimum Gasteiger partial charge on any atom is -0.271 e. The molecule has 0 fully saturated rings. The first-order valence-electron chi connectivity index (χ1n) is 5.98. The number of aromatic nitrogens is 1. The second-order valence-corrected chi connectivity index (χ2v) is 6.85. The lowest BCUT2D eigenvalue weighted by molar-refractivity contribution is 0.531. The van der Waals surface area contributed by atoms with E-state index < -0.39 is 9.84 Å². The topological polar surface area (TPSA) is 85.1 Å². The molecule has 1 aromatic carbocycles. The molecule has 102 valence electrons. The van der Waals surface area contributed by atoms with Crippen LogP contribution in [0.5, 0.6) is 0 Å². The molecule has 19 heavy (non-hydrogen) atoms. The van der Waals surface area contributed by atoms with Crippen LogP contribution in [0.4, 0.5) is 0 Å². The SMILES string of the molecule is CS(=O)(=O)CCC(NN)c1ccc2ncccc2c1. The molecule has 1 atom stereocenters. The summed E-state index contributed by atoms with van der Waals surface area (Å²) in [5, 5.41) is 1.01. The van der Waals surface area contributed by atoms with E-state index in [1.807, 2.05) is 30.3 Å². The van der Waals surface area contributed by atoms with Crippen LogP contribution in [0.3, 0.4) is 0 Å². The van der Waals surface area contributed by atoms with E-state index in [-0.39, 0.29) is 11.8 Å².